The summed E-state index contributed by atoms with van der Waals surface area (Å²) in [5.41, 5.74) is 4.98. The van der Waals surface area contributed by atoms with E-state index in [0.717, 1.165) is 53.8 Å². The van der Waals surface area contributed by atoms with E-state index in [4.69, 9.17) is 16.3 Å². The topological polar surface area (TPSA) is 70.1 Å². The van der Waals surface area contributed by atoms with E-state index in [2.05, 4.69) is 36.9 Å². The second kappa shape index (κ2) is 12.4. The molecule has 210 valence electrons. The Kier molecular flexibility index (Phi) is 8.77. The molecule has 6 nitrogen and oxygen atoms in total. The molecule has 0 bridgehead atoms. The Balaban J connectivity index is 1.51. The van der Waals surface area contributed by atoms with E-state index in [9.17, 15) is 14.7 Å². The number of nitrogens with zero attached hydrogens (tertiary/aromatic N) is 2. The number of benzene rings is 3. The Labute approximate surface area is 241 Å². The average Bonchev–Trinajstić information content (AvgIpc) is 3.58. The van der Waals surface area contributed by atoms with Crippen molar-refractivity contribution in [3.05, 3.63) is 94.0 Å². The summed E-state index contributed by atoms with van der Waals surface area (Å²) in [6, 6.07) is 21.2. The molecule has 3 atom stereocenters. The smallest absolute Gasteiger partial charge is 0.309 e. The molecule has 1 fully saturated rings. The Morgan fingerprint density at radius 2 is 1.82 bits per heavy atom. The number of fused-ring (bicyclic) bond motifs is 1. The first kappa shape index (κ1) is 28.2. The molecule has 0 radical (unpaired) electrons. The summed E-state index contributed by atoms with van der Waals surface area (Å²) in [5.74, 6) is -0.990. The highest BCUT2D eigenvalue weighted by Crippen LogP contribution is 2.47. The zero-order chi connectivity index (χ0) is 28.2. The standard InChI is InChI=1S/C33H37ClN2O4/c1-3-5-16-36(27-8-6-7-26(34)19-27)30(37)21-35-20-28(24-13-14-29-25(18-24)15-17-40-29)31(33(38)39)32(35)23-11-9-22(4-2)10-12-23/h6-14,18-19,28,31-32H,3-5,15-17,20-21H2,1-2H3,(H,38,39). The molecule has 3 aromatic rings. The number of anilines is 1. The monoisotopic (exact) mass is 560 g/mol. The van der Waals surface area contributed by atoms with Crippen LogP contribution < -0.4 is 9.64 Å². The van der Waals surface area contributed by atoms with Crippen molar-refractivity contribution in [1.82, 2.24) is 4.90 Å². The Bertz CT molecular complexity index is 1360. The maximum absolute atomic E-state index is 13.9. The van der Waals surface area contributed by atoms with Gasteiger partial charge >= 0.3 is 5.97 Å². The van der Waals surface area contributed by atoms with Gasteiger partial charge in [0.15, 0.2) is 0 Å². The summed E-state index contributed by atoms with van der Waals surface area (Å²) < 4.78 is 5.70. The summed E-state index contributed by atoms with van der Waals surface area (Å²) in [6.07, 6.45) is 3.54. The van der Waals surface area contributed by atoms with Crippen LogP contribution in [0, 0.1) is 5.92 Å². The summed E-state index contributed by atoms with van der Waals surface area (Å²) in [4.78, 5) is 30.7. The van der Waals surface area contributed by atoms with E-state index in [0.29, 0.717) is 24.7 Å². The molecule has 3 unspecified atom stereocenters. The van der Waals surface area contributed by atoms with E-state index < -0.39 is 17.9 Å². The minimum atomic E-state index is -0.848. The zero-order valence-corrected chi connectivity index (χ0v) is 23.9. The van der Waals surface area contributed by atoms with Crippen molar-refractivity contribution in [3.8, 4) is 5.75 Å². The van der Waals surface area contributed by atoms with Gasteiger partial charge in [0, 0.05) is 42.2 Å². The van der Waals surface area contributed by atoms with E-state index >= 15 is 0 Å². The molecule has 2 aliphatic rings. The number of halogens is 1. The molecule has 0 aliphatic carbocycles. The first-order chi connectivity index (χ1) is 19.4. The highest BCUT2D eigenvalue weighted by atomic mass is 35.5. The maximum atomic E-state index is 13.9. The van der Waals surface area contributed by atoms with Crippen LogP contribution in [-0.4, -0.2) is 48.1 Å². The average molecular weight is 561 g/mol. The second-order valence-corrected chi connectivity index (χ2v) is 11.2. The normalized spacial score (nSPS) is 20.2. The molecule has 3 aromatic carbocycles. The third kappa shape index (κ3) is 5.89. The highest BCUT2D eigenvalue weighted by Gasteiger charge is 2.48. The number of hydrogen-bond acceptors (Lipinski definition) is 4. The number of aryl methyl sites for hydroxylation is 1. The number of unbranched alkanes of at least 4 members (excludes halogenated alkanes) is 1. The van der Waals surface area contributed by atoms with Gasteiger partial charge in [-0.25, -0.2) is 0 Å². The molecule has 7 heteroatoms. The van der Waals surface area contributed by atoms with Crippen molar-refractivity contribution in [1.29, 1.82) is 0 Å². The molecule has 0 aromatic heterocycles. The van der Waals surface area contributed by atoms with E-state index in [1.54, 1.807) is 11.0 Å². The lowest BCUT2D eigenvalue weighted by Gasteiger charge is -2.30. The number of rotatable bonds is 10. The fourth-order valence-electron chi connectivity index (χ4n) is 6.13. The zero-order valence-electron chi connectivity index (χ0n) is 23.2. The minimum Gasteiger partial charge on any atom is -0.493 e. The van der Waals surface area contributed by atoms with Crippen LogP contribution in [0.1, 0.15) is 60.9 Å². The van der Waals surface area contributed by atoms with Crippen molar-refractivity contribution in [2.24, 2.45) is 5.92 Å². The molecule has 0 spiro atoms. The first-order valence-corrected chi connectivity index (χ1v) is 14.6. The number of likely N-dealkylation sites (tertiary alicyclic amines) is 1. The lowest BCUT2D eigenvalue weighted by Crippen LogP contribution is -2.41. The Hall–Kier alpha value is -3.35. The number of carbonyl (C=O) groups excluding carboxylic acids is 1. The number of carbonyl (C=O) groups is 2. The number of carboxylic acids is 1. The second-order valence-electron chi connectivity index (χ2n) is 10.8. The summed E-state index contributed by atoms with van der Waals surface area (Å²) in [6.45, 7) is 6.01. The van der Waals surface area contributed by atoms with Crippen LogP contribution in [0.2, 0.25) is 5.02 Å². The van der Waals surface area contributed by atoms with Gasteiger partial charge in [-0.15, -0.1) is 0 Å². The van der Waals surface area contributed by atoms with Crippen molar-refractivity contribution < 1.29 is 19.4 Å². The predicted octanol–water partition coefficient (Wildman–Crippen LogP) is 6.51. The van der Waals surface area contributed by atoms with E-state index in [1.807, 2.05) is 42.5 Å². The fourth-order valence-corrected chi connectivity index (χ4v) is 6.32. The fraction of sp³-hybridized carbons (Fsp3) is 0.394. The van der Waals surface area contributed by atoms with Gasteiger partial charge < -0.3 is 14.7 Å². The molecule has 2 heterocycles. The summed E-state index contributed by atoms with van der Waals surface area (Å²) in [5, 5.41) is 11.2. The third-order valence-electron chi connectivity index (χ3n) is 8.25. The quantitative estimate of drug-likeness (QED) is 0.306. The Morgan fingerprint density at radius 3 is 2.52 bits per heavy atom. The largest absolute Gasteiger partial charge is 0.493 e. The van der Waals surface area contributed by atoms with Crippen LogP contribution in [0.4, 0.5) is 5.69 Å². The molecule has 40 heavy (non-hydrogen) atoms. The van der Waals surface area contributed by atoms with Crippen LogP contribution in [-0.2, 0) is 22.4 Å². The van der Waals surface area contributed by atoms with Gasteiger partial charge in [0.2, 0.25) is 5.91 Å². The van der Waals surface area contributed by atoms with Crippen LogP contribution in [0.5, 0.6) is 5.75 Å². The lowest BCUT2D eigenvalue weighted by atomic mass is 9.82. The summed E-state index contributed by atoms with van der Waals surface area (Å²) >= 11 is 6.28. The van der Waals surface area contributed by atoms with Crippen molar-refractivity contribution in [2.75, 3.05) is 31.1 Å². The van der Waals surface area contributed by atoms with Gasteiger partial charge in [0.05, 0.1) is 19.1 Å². The number of carboxylic acid groups (broad SMARTS) is 1. The van der Waals surface area contributed by atoms with E-state index in [-0.39, 0.29) is 18.4 Å². The first-order valence-electron chi connectivity index (χ1n) is 14.3. The molecule has 0 saturated carbocycles. The van der Waals surface area contributed by atoms with Crippen molar-refractivity contribution in [3.63, 3.8) is 0 Å². The van der Waals surface area contributed by atoms with Crippen LogP contribution in [0.3, 0.4) is 0 Å². The van der Waals surface area contributed by atoms with Crippen molar-refractivity contribution in [2.45, 2.75) is 51.5 Å². The van der Waals surface area contributed by atoms with Gasteiger partial charge in [0.25, 0.3) is 0 Å². The molecule has 1 amide bonds. The minimum absolute atomic E-state index is 0.0574. The van der Waals surface area contributed by atoms with Gasteiger partial charge in [-0.05, 0) is 59.4 Å². The SMILES string of the molecule is CCCCN(C(=O)CN1CC(c2ccc3c(c2)CCO3)C(C(=O)O)C1c1ccc(CC)cc1)c1cccc(Cl)c1. The maximum Gasteiger partial charge on any atom is 0.309 e. The highest BCUT2D eigenvalue weighted by molar-refractivity contribution is 6.30. The molecular formula is C33H37ClN2O4. The van der Waals surface area contributed by atoms with Crippen LogP contribution in [0.15, 0.2) is 66.7 Å². The van der Waals surface area contributed by atoms with Gasteiger partial charge in [-0.2, -0.15) is 0 Å². The Morgan fingerprint density at radius 1 is 1.05 bits per heavy atom. The van der Waals surface area contributed by atoms with Gasteiger partial charge in [0.1, 0.15) is 5.75 Å². The van der Waals surface area contributed by atoms with Crippen LogP contribution in [0.25, 0.3) is 0 Å². The third-order valence-corrected chi connectivity index (χ3v) is 8.48. The van der Waals surface area contributed by atoms with Gasteiger partial charge in [-0.3, -0.25) is 14.5 Å². The van der Waals surface area contributed by atoms with Crippen LogP contribution >= 0.6 is 11.6 Å². The summed E-state index contributed by atoms with van der Waals surface area (Å²) in [7, 11) is 0. The number of aliphatic carboxylic acids is 1. The molecular weight excluding hydrogens is 524 g/mol. The number of amides is 1. The molecule has 5 rings (SSSR count). The molecule has 1 saturated heterocycles. The van der Waals surface area contributed by atoms with E-state index in [1.165, 1.54) is 5.56 Å². The lowest BCUT2D eigenvalue weighted by molar-refractivity contribution is -0.143. The number of hydrogen-bond donors (Lipinski definition) is 1. The molecule has 1 N–H and O–H groups in total. The van der Waals surface area contributed by atoms with Crippen molar-refractivity contribution >= 4 is 29.2 Å². The molecule has 2 aliphatic heterocycles. The number of ether oxygens (including phenoxy) is 1. The predicted molar refractivity (Wildman–Crippen MR) is 158 cm³/mol. The van der Waals surface area contributed by atoms with Gasteiger partial charge in [-0.1, -0.05) is 74.3 Å².